The Morgan fingerprint density at radius 1 is 1.00 bits per heavy atom. The first-order valence-electron chi connectivity index (χ1n) is 11.4. The zero-order valence-corrected chi connectivity index (χ0v) is 20.3. The summed E-state index contributed by atoms with van der Waals surface area (Å²) < 4.78 is 6.13. The summed E-state index contributed by atoms with van der Waals surface area (Å²) in [5.74, 6) is 0.824. The van der Waals surface area contributed by atoms with E-state index in [-0.39, 0.29) is 12.1 Å². The van der Waals surface area contributed by atoms with E-state index in [2.05, 4.69) is 50.4 Å². The maximum Gasteiger partial charge on any atom is 0.148 e. The second-order valence-electron chi connectivity index (χ2n) is 8.00. The van der Waals surface area contributed by atoms with Gasteiger partial charge in [-0.25, -0.2) is 9.97 Å². The molecule has 0 amide bonds. The third kappa shape index (κ3) is 4.63. The number of hydrogen-bond acceptors (Lipinski definition) is 4. The summed E-state index contributed by atoms with van der Waals surface area (Å²) in [7, 11) is 0. The molecule has 3 aromatic rings. The minimum atomic E-state index is 0.0363. The summed E-state index contributed by atoms with van der Waals surface area (Å²) in [6, 6.07) is 14.2. The molecule has 1 heterocycles. The number of anilines is 1. The van der Waals surface area contributed by atoms with Gasteiger partial charge in [-0.05, 0) is 61.9 Å². The van der Waals surface area contributed by atoms with E-state index in [4.69, 9.17) is 37.9 Å². The number of hydrogen-bond donors (Lipinski definition) is 1. The van der Waals surface area contributed by atoms with E-state index >= 15 is 0 Å². The van der Waals surface area contributed by atoms with Crippen molar-refractivity contribution in [1.82, 2.24) is 9.97 Å². The number of benzene rings is 2. The molecule has 2 aromatic carbocycles. The van der Waals surface area contributed by atoms with Gasteiger partial charge in [0.2, 0.25) is 0 Å². The Morgan fingerprint density at radius 3 is 2.50 bits per heavy atom. The van der Waals surface area contributed by atoms with Crippen molar-refractivity contribution in [1.29, 1.82) is 0 Å². The van der Waals surface area contributed by atoms with Gasteiger partial charge in [0.25, 0.3) is 0 Å². The van der Waals surface area contributed by atoms with Crippen LogP contribution >= 0.6 is 23.2 Å². The van der Waals surface area contributed by atoms with Crippen molar-refractivity contribution in [2.24, 2.45) is 0 Å². The van der Waals surface area contributed by atoms with Crippen LogP contribution in [-0.4, -0.2) is 22.7 Å². The normalized spacial score (nSPS) is 17.8. The lowest BCUT2D eigenvalue weighted by atomic mass is 9.85. The summed E-state index contributed by atoms with van der Waals surface area (Å²) in [5.41, 5.74) is 6.16. The zero-order chi connectivity index (χ0) is 22.7. The maximum absolute atomic E-state index is 6.51. The van der Waals surface area contributed by atoms with Crippen LogP contribution in [0.5, 0.6) is 0 Å². The van der Waals surface area contributed by atoms with Crippen molar-refractivity contribution in [2.75, 3.05) is 11.9 Å². The van der Waals surface area contributed by atoms with Crippen molar-refractivity contribution in [3.05, 3.63) is 75.0 Å². The van der Waals surface area contributed by atoms with Crippen molar-refractivity contribution >= 4 is 29.0 Å². The molecule has 2 unspecified atom stereocenters. The highest BCUT2D eigenvalue weighted by molar-refractivity contribution is 6.36. The number of ether oxygens (including phenoxy) is 1. The van der Waals surface area contributed by atoms with Crippen LogP contribution in [0.2, 0.25) is 10.0 Å². The lowest BCUT2D eigenvalue weighted by molar-refractivity contribution is 0.0383. The van der Waals surface area contributed by atoms with Crippen LogP contribution in [0.3, 0.4) is 0 Å². The Hall–Kier alpha value is -2.14. The third-order valence-electron chi connectivity index (χ3n) is 6.03. The molecule has 4 nitrogen and oxygen atoms in total. The summed E-state index contributed by atoms with van der Waals surface area (Å²) in [4.78, 5) is 10.1. The molecule has 168 valence electrons. The number of rotatable bonds is 7. The Bertz CT molecular complexity index is 1100. The monoisotopic (exact) mass is 469 g/mol. The van der Waals surface area contributed by atoms with Gasteiger partial charge in [0.05, 0.1) is 34.3 Å². The molecule has 0 radical (unpaired) electrons. The van der Waals surface area contributed by atoms with Crippen molar-refractivity contribution < 1.29 is 4.74 Å². The smallest absolute Gasteiger partial charge is 0.148 e. The first-order valence-corrected chi connectivity index (χ1v) is 12.1. The molecule has 0 bridgehead atoms. The molecule has 0 saturated heterocycles. The number of nitrogens with zero attached hydrogens (tertiary/aromatic N) is 2. The van der Waals surface area contributed by atoms with Crippen molar-refractivity contribution in [2.45, 2.75) is 58.6 Å². The first kappa shape index (κ1) is 23.0. The SMILES string of the molecule is CCOC1CCc2ccccc2C1Nc1nc(CC)c(-c2ccc(Cl)cc2Cl)nc1CC. The van der Waals surface area contributed by atoms with Crippen LogP contribution in [0, 0.1) is 0 Å². The van der Waals surface area contributed by atoms with E-state index in [0.717, 1.165) is 54.1 Å². The topological polar surface area (TPSA) is 47.0 Å². The second-order valence-corrected chi connectivity index (χ2v) is 8.84. The van der Waals surface area contributed by atoms with E-state index in [0.29, 0.717) is 16.7 Å². The third-order valence-corrected chi connectivity index (χ3v) is 6.58. The molecule has 2 atom stereocenters. The number of fused-ring (bicyclic) bond motifs is 1. The van der Waals surface area contributed by atoms with Gasteiger partial charge in [-0.15, -0.1) is 0 Å². The van der Waals surface area contributed by atoms with Gasteiger partial charge in [0.15, 0.2) is 0 Å². The minimum Gasteiger partial charge on any atom is -0.376 e. The van der Waals surface area contributed by atoms with Gasteiger partial charge in [0, 0.05) is 17.2 Å². The molecular weight excluding hydrogens is 441 g/mol. The molecule has 0 fully saturated rings. The fourth-order valence-electron chi connectivity index (χ4n) is 4.45. The predicted octanol–water partition coefficient (Wildman–Crippen LogP) is 7.08. The van der Waals surface area contributed by atoms with Crippen LogP contribution in [0.25, 0.3) is 11.3 Å². The quantitative estimate of drug-likeness (QED) is 0.401. The van der Waals surface area contributed by atoms with Gasteiger partial charge >= 0.3 is 0 Å². The van der Waals surface area contributed by atoms with E-state index < -0.39 is 0 Å². The molecule has 32 heavy (non-hydrogen) atoms. The molecule has 1 aromatic heterocycles. The molecule has 0 aliphatic heterocycles. The molecule has 1 aliphatic rings. The number of aryl methyl sites for hydroxylation is 3. The molecule has 4 rings (SSSR count). The van der Waals surface area contributed by atoms with Crippen LogP contribution < -0.4 is 5.32 Å². The van der Waals surface area contributed by atoms with E-state index in [1.54, 1.807) is 6.07 Å². The van der Waals surface area contributed by atoms with Gasteiger partial charge in [-0.3, -0.25) is 0 Å². The second kappa shape index (κ2) is 10.2. The molecule has 0 saturated carbocycles. The summed E-state index contributed by atoms with van der Waals surface area (Å²) in [6.07, 6.45) is 3.61. The van der Waals surface area contributed by atoms with E-state index in [1.807, 2.05) is 12.1 Å². The van der Waals surface area contributed by atoms with Crippen molar-refractivity contribution in [3.8, 4) is 11.3 Å². The van der Waals surface area contributed by atoms with Crippen LogP contribution in [0.1, 0.15) is 55.7 Å². The highest BCUT2D eigenvalue weighted by Crippen LogP contribution is 2.37. The van der Waals surface area contributed by atoms with Crippen LogP contribution in [0.4, 0.5) is 5.82 Å². The first-order chi connectivity index (χ1) is 15.5. The maximum atomic E-state index is 6.51. The Morgan fingerprint density at radius 2 is 1.78 bits per heavy atom. The molecule has 6 heteroatoms. The standard InChI is InChI=1S/C26H29Cl2N3O/c1-4-21-24(19-13-12-17(27)15-20(19)28)29-22(5-2)26(30-21)31-25-18-10-8-7-9-16(18)11-14-23(25)32-6-3/h7-10,12-13,15,23,25H,4-6,11,14H2,1-3H3,(H,30,31). The Balaban J connectivity index is 1.77. The highest BCUT2D eigenvalue weighted by Gasteiger charge is 2.31. The average Bonchev–Trinajstić information content (AvgIpc) is 2.80. The van der Waals surface area contributed by atoms with E-state index in [9.17, 15) is 0 Å². The summed E-state index contributed by atoms with van der Waals surface area (Å²) in [6.45, 7) is 6.93. The van der Waals surface area contributed by atoms with Gasteiger partial charge in [-0.1, -0.05) is 61.3 Å². The predicted molar refractivity (Wildman–Crippen MR) is 133 cm³/mol. The minimum absolute atomic E-state index is 0.0363. The van der Waals surface area contributed by atoms with Crippen LogP contribution in [-0.2, 0) is 24.0 Å². The molecule has 1 aliphatic carbocycles. The Labute approximate surface area is 200 Å². The zero-order valence-electron chi connectivity index (χ0n) is 18.8. The highest BCUT2D eigenvalue weighted by atomic mass is 35.5. The average molecular weight is 470 g/mol. The summed E-state index contributed by atoms with van der Waals surface area (Å²) in [5, 5.41) is 4.91. The largest absolute Gasteiger partial charge is 0.376 e. The fraction of sp³-hybridized carbons (Fsp3) is 0.385. The van der Waals surface area contributed by atoms with Crippen molar-refractivity contribution in [3.63, 3.8) is 0 Å². The summed E-state index contributed by atoms with van der Waals surface area (Å²) >= 11 is 12.6. The van der Waals surface area contributed by atoms with Gasteiger partial charge in [0.1, 0.15) is 5.82 Å². The van der Waals surface area contributed by atoms with E-state index in [1.165, 1.54) is 11.1 Å². The van der Waals surface area contributed by atoms with Gasteiger partial charge in [-0.2, -0.15) is 0 Å². The number of aromatic nitrogens is 2. The Kier molecular flexibility index (Phi) is 7.34. The lowest BCUT2D eigenvalue weighted by Gasteiger charge is -2.34. The fourth-order valence-corrected chi connectivity index (χ4v) is 4.95. The van der Waals surface area contributed by atoms with Gasteiger partial charge < -0.3 is 10.1 Å². The molecular formula is C26H29Cl2N3O. The number of nitrogens with one attached hydrogen (secondary N) is 1. The molecule has 1 N–H and O–H groups in total. The van der Waals surface area contributed by atoms with Crippen LogP contribution in [0.15, 0.2) is 42.5 Å². The molecule has 0 spiro atoms. The lowest BCUT2D eigenvalue weighted by Crippen LogP contribution is -2.34. The number of halogens is 2.